The Morgan fingerprint density at radius 2 is 1.79 bits per heavy atom. The van der Waals surface area contributed by atoms with Crippen LogP contribution in [0.1, 0.15) is 70.7 Å². The smallest absolute Gasteiger partial charge is 0.445 e. The zero-order valence-corrected chi connectivity index (χ0v) is 29.1. The molecule has 1 atom stereocenters. The summed E-state index contributed by atoms with van der Waals surface area (Å²) in [6.07, 6.45) is -4.54. The summed E-state index contributed by atoms with van der Waals surface area (Å²) in [4.78, 5) is 53.2. The number of nitrogens with zero attached hydrogens (tertiary/aromatic N) is 4. The van der Waals surface area contributed by atoms with E-state index in [1.807, 2.05) is 0 Å². The van der Waals surface area contributed by atoms with E-state index in [1.54, 1.807) is 13.8 Å². The minimum Gasteiger partial charge on any atom is -0.501 e. The Bertz CT molecular complexity index is 2210. The average Bonchev–Trinajstić information content (AvgIpc) is 3.82. The highest BCUT2D eigenvalue weighted by Gasteiger charge is 2.62. The molecule has 0 spiro atoms. The molecule has 1 aliphatic carbocycles. The number of alkyl halides is 3. The van der Waals surface area contributed by atoms with Crippen LogP contribution in [-0.4, -0.2) is 48.9 Å². The van der Waals surface area contributed by atoms with Crippen molar-refractivity contribution in [3.05, 3.63) is 98.1 Å². The second-order valence-corrected chi connectivity index (χ2v) is 12.9. The number of rotatable bonds is 6. The van der Waals surface area contributed by atoms with Crippen LogP contribution >= 0.6 is 11.6 Å². The largest absolute Gasteiger partial charge is 0.501 e. The zero-order chi connectivity index (χ0) is 38.9. The van der Waals surface area contributed by atoms with Crippen LogP contribution in [0.4, 0.5) is 28.0 Å². The Balaban J connectivity index is 0.000000222. The lowest BCUT2D eigenvalue weighted by molar-refractivity contribution is -0.239. The molecule has 53 heavy (non-hydrogen) atoms. The van der Waals surface area contributed by atoms with E-state index in [1.165, 1.54) is 50.4 Å². The maximum absolute atomic E-state index is 13.6. The van der Waals surface area contributed by atoms with Crippen LogP contribution in [-0.2, 0) is 29.5 Å². The van der Waals surface area contributed by atoms with Crippen molar-refractivity contribution in [3.63, 3.8) is 0 Å². The summed E-state index contributed by atoms with van der Waals surface area (Å²) in [7, 11) is 1.34. The lowest BCUT2D eigenvalue weighted by Crippen LogP contribution is -2.49. The van der Waals surface area contributed by atoms with Gasteiger partial charge in [-0.25, -0.2) is 14.2 Å². The second-order valence-electron chi connectivity index (χ2n) is 12.4. The van der Waals surface area contributed by atoms with Crippen LogP contribution in [0.25, 0.3) is 0 Å². The minimum atomic E-state index is -4.87. The number of anilines is 1. The van der Waals surface area contributed by atoms with Gasteiger partial charge in [0.25, 0.3) is 17.1 Å². The van der Waals surface area contributed by atoms with Crippen molar-refractivity contribution >= 4 is 35.2 Å². The lowest BCUT2D eigenvalue weighted by atomic mass is 9.90. The molecule has 2 aliphatic rings. The second kappa shape index (κ2) is 14.6. The summed E-state index contributed by atoms with van der Waals surface area (Å²) in [6, 6.07) is 9.25. The molecule has 1 aliphatic heterocycles. The number of carbonyl (C=O) groups excluding carboxylic acids is 3. The number of amides is 3. The fraction of sp³-hybridized carbons (Fsp3) is 0.324. The van der Waals surface area contributed by atoms with Crippen molar-refractivity contribution < 1.29 is 46.2 Å². The number of halogens is 5. The van der Waals surface area contributed by atoms with Gasteiger partial charge in [-0.1, -0.05) is 29.7 Å². The van der Waals surface area contributed by atoms with Gasteiger partial charge in [0.05, 0.1) is 11.2 Å². The molecule has 1 fully saturated rings. The van der Waals surface area contributed by atoms with Crippen LogP contribution in [0.15, 0.2) is 51.7 Å². The summed E-state index contributed by atoms with van der Waals surface area (Å²) in [5, 5.41) is 24.9. The van der Waals surface area contributed by atoms with Gasteiger partial charge >= 0.3 is 24.1 Å². The molecule has 4 N–H and O–H groups in total. The van der Waals surface area contributed by atoms with Crippen molar-refractivity contribution in [3.8, 4) is 17.6 Å². The first-order chi connectivity index (χ1) is 24.8. The van der Waals surface area contributed by atoms with Crippen LogP contribution < -0.4 is 21.5 Å². The van der Waals surface area contributed by atoms with Crippen molar-refractivity contribution in [2.75, 3.05) is 5.32 Å². The summed E-state index contributed by atoms with van der Waals surface area (Å²) >= 11 is 5.78. The molecule has 19 heteroatoms. The van der Waals surface area contributed by atoms with Crippen molar-refractivity contribution in [2.45, 2.75) is 57.5 Å². The van der Waals surface area contributed by atoms with Gasteiger partial charge in [-0.05, 0) is 68.5 Å². The number of hydrogen-bond donors (Lipinski definition) is 4. The minimum absolute atomic E-state index is 0.00179. The molecular weight excluding hydrogens is 730 g/mol. The Morgan fingerprint density at radius 1 is 1.11 bits per heavy atom. The number of aromatic nitrogens is 4. The number of fused-ring (bicyclic) bond motifs is 1. The molecule has 14 nitrogen and oxygen atoms in total. The highest BCUT2D eigenvalue weighted by molar-refractivity contribution is 6.30. The first-order valence-electron chi connectivity index (χ1n) is 15.7. The SMILES string of the molecule is Cc1nnc(C(=O)NC(C)(C)c2nc(C(=O)NCc3ccc(F)cc3)c(O)c(=O)n2C)o1.O=C1Nc2ccc(Cl)cc2[C@@](C#CC2CC2)(C(F)(F)F)O1. The number of ether oxygens (including phenoxy) is 1. The summed E-state index contributed by atoms with van der Waals surface area (Å²) in [5.41, 5.74) is -5.33. The molecule has 0 saturated heterocycles. The molecule has 2 aromatic carbocycles. The highest BCUT2D eigenvalue weighted by atomic mass is 35.5. The van der Waals surface area contributed by atoms with E-state index in [2.05, 4.69) is 47.7 Å². The van der Waals surface area contributed by atoms with Crippen LogP contribution in [0.3, 0.4) is 0 Å². The van der Waals surface area contributed by atoms with Gasteiger partial charge in [0.1, 0.15) is 11.6 Å². The van der Waals surface area contributed by atoms with Crippen LogP contribution in [0, 0.1) is 30.5 Å². The summed E-state index contributed by atoms with van der Waals surface area (Å²) in [5.74, 6) is 1.72. The van der Waals surface area contributed by atoms with Gasteiger partial charge < -0.3 is 24.9 Å². The average molecular weight is 760 g/mol. The molecule has 0 unspecified atom stereocenters. The molecule has 3 heterocycles. The van der Waals surface area contributed by atoms with Gasteiger partial charge in [-0.15, -0.1) is 10.2 Å². The first kappa shape index (κ1) is 38.3. The fourth-order valence-corrected chi connectivity index (χ4v) is 5.18. The number of cyclic esters (lactones) is 1. The molecule has 278 valence electrons. The normalized spacial score (nSPS) is 16.4. The molecule has 2 aromatic heterocycles. The number of nitrogens with one attached hydrogen (secondary N) is 3. The molecule has 6 rings (SSSR count). The van der Waals surface area contributed by atoms with E-state index in [9.17, 15) is 41.8 Å². The molecule has 4 aromatic rings. The lowest BCUT2D eigenvalue weighted by Gasteiger charge is -2.35. The quantitative estimate of drug-likeness (QED) is 0.154. The van der Waals surface area contributed by atoms with Crippen molar-refractivity contribution in [1.82, 2.24) is 30.4 Å². The van der Waals surface area contributed by atoms with E-state index in [4.69, 9.17) is 16.0 Å². The predicted octanol–water partition coefficient (Wildman–Crippen LogP) is 4.98. The number of benzene rings is 2. The third kappa shape index (κ3) is 8.41. The first-order valence-corrected chi connectivity index (χ1v) is 16.0. The van der Waals surface area contributed by atoms with E-state index in [0.29, 0.717) is 5.56 Å². The molecule has 3 amide bonds. The monoisotopic (exact) mass is 759 g/mol. The third-order valence-corrected chi connectivity index (χ3v) is 8.06. The molecule has 1 saturated carbocycles. The van der Waals surface area contributed by atoms with Crippen molar-refractivity contribution in [1.29, 1.82) is 0 Å². The van der Waals surface area contributed by atoms with Crippen molar-refractivity contribution in [2.24, 2.45) is 13.0 Å². The number of carbonyl (C=O) groups is 3. The standard InChI is InChI=1S/C20H21FN6O5.C14H9ClF3NO2/c1-10-25-26-17(32-10)16(30)24-20(2,3)19-23-13(14(28)18(31)27(19)4)15(29)22-9-11-5-7-12(21)8-6-11;15-9-3-4-11-10(7-9)13(14(16,17)18,21-12(20)19-11)6-5-8-1-2-8/h5-8,28H,9H2,1-4H3,(H,22,29)(H,24,30);3-4,7-8H,1-2H2,(H,19,20)/t;13-/m.0/s1. The predicted molar refractivity (Wildman–Crippen MR) is 178 cm³/mol. The highest BCUT2D eigenvalue weighted by Crippen LogP contribution is 2.48. The molecule has 0 bridgehead atoms. The Morgan fingerprint density at radius 3 is 2.40 bits per heavy atom. The molecular formula is C34H30ClF4N7O7. The number of aryl methyl sites for hydroxylation is 1. The van der Waals surface area contributed by atoms with E-state index >= 15 is 0 Å². The summed E-state index contributed by atoms with van der Waals surface area (Å²) < 4.78 is 64.5. The zero-order valence-electron chi connectivity index (χ0n) is 28.3. The van der Waals surface area contributed by atoms with E-state index in [0.717, 1.165) is 23.5 Å². The maximum Gasteiger partial charge on any atom is 0.445 e. The number of aromatic hydroxyl groups is 1. The third-order valence-electron chi connectivity index (χ3n) is 7.83. The Labute approximate surface area is 302 Å². The van der Waals surface area contributed by atoms with Gasteiger partial charge in [-0.2, -0.15) is 13.2 Å². The van der Waals surface area contributed by atoms with Gasteiger partial charge in [0, 0.05) is 37.0 Å². The fourth-order valence-electron chi connectivity index (χ4n) is 5.01. The topological polar surface area (TPSA) is 191 Å². The molecule has 0 radical (unpaired) electrons. The van der Waals surface area contributed by atoms with Crippen LogP contribution in [0.2, 0.25) is 5.02 Å². The van der Waals surface area contributed by atoms with Gasteiger partial charge in [0.2, 0.25) is 11.6 Å². The number of hydrogen-bond acceptors (Lipinski definition) is 10. The summed E-state index contributed by atoms with van der Waals surface area (Å²) in [6.45, 7) is 4.64. The van der Waals surface area contributed by atoms with E-state index < -0.39 is 58.0 Å². The van der Waals surface area contributed by atoms with E-state index in [-0.39, 0.29) is 46.3 Å². The van der Waals surface area contributed by atoms with Gasteiger partial charge in [0.15, 0.2) is 5.69 Å². The van der Waals surface area contributed by atoms with Gasteiger partial charge in [-0.3, -0.25) is 24.3 Å². The Hall–Kier alpha value is -5.96. The maximum atomic E-state index is 13.6. The Kier molecular flexibility index (Phi) is 10.5. The van der Waals surface area contributed by atoms with Crippen LogP contribution in [0.5, 0.6) is 5.75 Å².